The summed E-state index contributed by atoms with van der Waals surface area (Å²) in [6.07, 6.45) is 3.70. The van der Waals surface area contributed by atoms with Crippen molar-refractivity contribution in [1.82, 2.24) is 14.8 Å². The molecule has 6 heteroatoms. The van der Waals surface area contributed by atoms with E-state index in [4.69, 9.17) is 11.6 Å². The van der Waals surface area contributed by atoms with Gasteiger partial charge in [0.05, 0.1) is 22.4 Å². The Hall–Kier alpha value is -1.59. The maximum absolute atomic E-state index is 5.92. The minimum absolute atomic E-state index is 0.312. The number of pyridine rings is 1. The topological polar surface area (TPSA) is 42.7 Å². The lowest BCUT2D eigenvalue weighted by molar-refractivity contribution is 0.546. The number of rotatable bonds is 4. The normalized spacial score (nSPS) is 11.4. The SMILES string of the molecule is CC(C)n1ncc2cc(NCc3ccc(Cl)s3)cnc21. The van der Waals surface area contributed by atoms with E-state index < -0.39 is 0 Å². The first-order valence-corrected chi connectivity index (χ1v) is 7.64. The van der Waals surface area contributed by atoms with Crippen LogP contribution in [0.25, 0.3) is 11.0 Å². The number of anilines is 1. The number of halogens is 1. The minimum Gasteiger partial charge on any atom is -0.379 e. The van der Waals surface area contributed by atoms with Crippen LogP contribution in [0, 0.1) is 0 Å². The van der Waals surface area contributed by atoms with Gasteiger partial charge in [-0.1, -0.05) is 11.6 Å². The van der Waals surface area contributed by atoms with E-state index in [9.17, 15) is 0 Å². The first kappa shape index (κ1) is 13.4. The summed E-state index contributed by atoms with van der Waals surface area (Å²) < 4.78 is 2.74. The molecular formula is C14H15ClN4S. The zero-order valence-electron chi connectivity index (χ0n) is 11.3. The van der Waals surface area contributed by atoms with Gasteiger partial charge in [0.2, 0.25) is 0 Å². The second-order valence-electron chi connectivity index (χ2n) is 4.88. The molecule has 0 aliphatic carbocycles. The molecule has 0 amide bonds. The molecule has 3 aromatic heterocycles. The summed E-state index contributed by atoms with van der Waals surface area (Å²) in [6, 6.07) is 6.33. The van der Waals surface area contributed by atoms with Crippen molar-refractivity contribution in [3.8, 4) is 0 Å². The Morgan fingerprint density at radius 1 is 1.35 bits per heavy atom. The summed E-state index contributed by atoms with van der Waals surface area (Å²) in [6.45, 7) is 4.95. The van der Waals surface area contributed by atoms with Gasteiger partial charge >= 0.3 is 0 Å². The van der Waals surface area contributed by atoms with Crippen molar-refractivity contribution < 1.29 is 0 Å². The molecule has 0 unspecified atom stereocenters. The molecule has 3 rings (SSSR count). The van der Waals surface area contributed by atoms with Crippen LogP contribution in [0.5, 0.6) is 0 Å². The molecular weight excluding hydrogens is 292 g/mol. The molecule has 4 nitrogen and oxygen atoms in total. The van der Waals surface area contributed by atoms with Crippen molar-refractivity contribution in [1.29, 1.82) is 0 Å². The zero-order valence-corrected chi connectivity index (χ0v) is 12.9. The molecule has 1 N–H and O–H groups in total. The Bertz CT molecular complexity index is 732. The third-order valence-corrected chi connectivity index (χ3v) is 4.25. The first-order chi connectivity index (χ1) is 9.63. The summed E-state index contributed by atoms with van der Waals surface area (Å²) in [4.78, 5) is 5.70. The average Bonchev–Trinajstić information content (AvgIpc) is 3.01. The van der Waals surface area contributed by atoms with Gasteiger partial charge in [0.1, 0.15) is 0 Å². The molecule has 0 aliphatic heterocycles. The van der Waals surface area contributed by atoms with E-state index in [1.54, 1.807) is 11.3 Å². The van der Waals surface area contributed by atoms with E-state index in [-0.39, 0.29) is 0 Å². The van der Waals surface area contributed by atoms with Gasteiger partial charge in [-0.25, -0.2) is 9.67 Å². The van der Waals surface area contributed by atoms with Gasteiger partial charge in [-0.05, 0) is 32.0 Å². The molecule has 20 heavy (non-hydrogen) atoms. The number of hydrogen-bond acceptors (Lipinski definition) is 4. The molecule has 0 aliphatic rings. The third-order valence-electron chi connectivity index (χ3n) is 3.02. The zero-order chi connectivity index (χ0) is 14.1. The van der Waals surface area contributed by atoms with Gasteiger partial charge in [0.15, 0.2) is 5.65 Å². The van der Waals surface area contributed by atoms with Crippen molar-refractivity contribution in [2.75, 3.05) is 5.32 Å². The van der Waals surface area contributed by atoms with Crippen LogP contribution in [0.3, 0.4) is 0 Å². The Morgan fingerprint density at radius 3 is 2.90 bits per heavy atom. The highest BCUT2D eigenvalue weighted by Crippen LogP contribution is 2.23. The molecule has 0 fully saturated rings. The van der Waals surface area contributed by atoms with Crippen LogP contribution in [0.15, 0.2) is 30.6 Å². The monoisotopic (exact) mass is 306 g/mol. The highest BCUT2D eigenvalue weighted by Gasteiger charge is 2.07. The highest BCUT2D eigenvalue weighted by atomic mass is 35.5. The maximum Gasteiger partial charge on any atom is 0.158 e. The smallest absolute Gasteiger partial charge is 0.158 e. The molecule has 0 saturated carbocycles. The van der Waals surface area contributed by atoms with Crippen molar-refractivity contribution in [2.45, 2.75) is 26.4 Å². The number of nitrogens with one attached hydrogen (secondary N) is 1. The molecule has 0 saturated heterocycles. The standard InChI is InChI=1S/C14H15ClN4S/c1-9(2)19-14-10(6-18-19)5-11(7-17-14)16-8-12-3-4-13(15)20-12/h3-7,9,16H,8H2,1-2H3. The van der Waals surface area contributed by atoms with Crippen LogP contribution in [0.4, 0.5) is 5.69 Å². The van der Waals surface area contributed by atoms with Crippen LogP contribution in [0.1, 0.15) is 24.8 Å². The van der Waals surface area contributed by atoms with E-state index in [1.165, 1.54) is 4.88 Å². The lowest BCUT2D eigenvalue weighted by Gasteiger charge is -2.07. The Morgan fingerprint density at radius 2 is 2.20 bits per heavy atom. The second kappa shape index (κ2) is 5.42. The molecule has 0 atom stereocenters. The largest absolute Gasteiger partial charge is 0.379 e. The fraction of sp³-hybridized carbons (Fsp3) is 0.286. The Kier molecular flexibility index (Phi) is 3.63. The number of aromatic nitrogens is 3. The van der Waals surface area contributed by atoms with E-state index >= 15 is 0 Å². The quantitative estimate of drug-likeness (QED) is 0.779. The number of nitrogens with zero attached hydrogens (tertiary/aromatic N) is 3. The number of hydrogen-bond donors (Lipinski definition) is 1. The van der Waals surface area contributed by atoms with E-state index in [0.29, 0.717) is 6.04 Å². The molecule has 0 bridgehead atoms. The first-order valence-electron chi connectivity index (χ1n) is 6.45. The fourth-order valence-corrected chi connectivity index (χ4v) is 3.08. The van der Waals surface area contributed by atoms with Gasteiger partial charge in [-0.15, -0.1) is 11.3 Å². The van der Waals surface area contributed by atoms with Crippen LogP contribution in [0.2, 0.25) is 4.34 Å². The van der Waals surface area contributed by atoms with Crippen LogP contribution in [-0.2, 0) is 6.54 Å². The van der Waals surface area contributed by atoms with Gasteiger partial charge in [-0.3, -0.25) is 0 Å². The molecule has 0 radical (unpaired) electrons. The summed E-state index contributed by atoms with van der Waals surface area (Å²) in [7, 11) is 0. The Balaban J connectivity index is 1.79. The Labute approximate surface area is 126 Å². The highest BCUT2D eigenvalue weighted by molar-refractivity contribution is 7.16. The number of fused-ring (bicyclic) bond motifs is 1. The lowest BCUT2D eigenvalue weighted by Crippen LogP contribution is -2.03. The van der Waals surface area contributed by atoms with Crippen LogP contribution in [-0.4, -0.2) is 14.8 Å². The molecule has 3 aromatic rings. The van der Waals surface area contributed by atoms with Gasteiger partial charge in [0, 0.05) is 22.8 Å². The van der Waals surface area contributed by atoms with E-state index in [0.717, 1.165) is 27.6 Å². The van der Waals surface area contributed by atoms with Crippen molar-refractivity contribution >= 4 is 39.7 Å². The summed E-state index contributed by atoms with van der Waals surface area (Å²) in [5.74, 6) is 0. The van der Waals surface area contributed by atoms with Crippen LogP contribution >= 0.6 is 22.9 Å². The van der Waals surface area contributed by atoms with Gasteiger partial charge < -0.3 is 5.32 Å². The summed E-state index contributed by atoms with van der Waals surface area (Å²) in [5, 5.41) is 8.77. The fourth-order valence-electron chi connectivity index (χ4n) is 2.05. The maximum atomic E-state index is 5.92. The van der Waals surface area contributed by atoms with E-state index in [1.807, 2.05) is 29.2 Å². The molecule has 3 heterocycles. The van der Waals surface area contributed by atoms with Gasteiger partial charge in [-0.2, -0.15) is 5.10 Å². The predicted octanol–water partition coefficient (Wildman–Crippen LogP) is 4.34. The minimum atomic E-state index is 0.312. The van der Waals surface area contributed by atoms with Crippen molar-refractivity contribution in [3.63, 3.8) is 0 Å². The molecule has 104 valence electrons. The van der Waals surface area contributed by atoms with Gasteiger partial charge in [0.25, 0.3) is 0 Å². The third kappa shape index (κ3) is 2.64. The number of thiophene rings is 1. The summed E-state index contributed by atoms with van der Waals surface area (Å²) in [5.41, 5.74) is 1.91. The molecule has 0 aromatic carbocycles. The van der Waals surface area contributed by atoms with Crippen molar-refractivity contribution in [2.24, 2.45) is 0 Å². The predicted molar refractivity (Wildman–Crippen MR) is 84.6 cm³/mol. The summed E-state index contributed by atoms with van der Waals surface area (Å²) >= 11 is 7.50. The molecule has 0 spiro atoms. The average molecular weight is 307 g/mol. The van der Waals surface area contributed by atoms with E-state index in [2.05, 4.69) is 35.3 Å². The second-order valence-corrected chi connectivity index (χ2v) is 6.68. The van der Waals surface area contributed by atoms with Crippen LogP contribution < -0.4 is 5.32 Å². The van der Waals surface area contributed by atoms with Crippen molar-refractivity contribution in [3.05, 3.63) is 39.8 Å². The lowest BCUT2D eigenvalue weighted by atomic mass is 10.3.